The minimum atomic E-state index is -0.130. The Hall–Kier alpha value is -2.67. The van der Waals surface area contributed by atoms with Gasteiger partial charge in [0.05, 0.1) is 18.8 Å². The maximum Gasteiger partial charge on any atom is 0.270 e. The molecule has 1 saturated carbocycles. The average molecular weight is 521 g/mol. The number of allylic oxidation sites excluding steroid dienone is 1. The number of ketones is 1. The number of carbonyl (C=O) groups is 2. The van der Waals surface area contributed by atoms with Crippen LogP contribution >= 0.6 is 0 Å². The van der Waals surface area contributed by atoms with Crippen LogP contribution in [0.2, 0.25) is 0 Å². The lowest BCUT2D eigenvalue weighted by atomic mass is 9.90. The lowest BCUT2D eigenvalue weighted by Crippen LogP contribution is -2.49. The number of aryl methyl sites for hydroxylation is 1. The van der Waals surface area contributed by atoms with Gasteiger partial charge in [0.25, 0.3) is 5.91 Å². The van der Waals surface area contributed by atoms with E-state index in [4.69, 9.17) is 10.5 Å². The molecule has 7 nitrogen and oxygen atoms in total. The number of piperidine rings is 1. The van der Waals surface area contributed by atoms with Gasteiger partial charge in [-0.1, -0.05) is 12.1 Å². The fourth-order valence-electron chi connectivity index (χ4n) is 6.82. The molecule has 3 fully saturated rings. The number of amides is 1. The number of aliphatic imine (C=N–C) groups is 1. The van der Waals surface area contributed by atoms with Crippen LogP contribution in [0.3, 0.4) is 0 Å². The number of nitrogens with two attached hydrogens (primary N) is 1. The molecule has 0 unspecified atom stereocenters. The second kappa shape index (κ2) is 12.0. The van der Waals surface area contributed by atoms with Crippen molar-refractivity contribution in [1.29, 1.82) is 0 Å². The lowest BCUT2D eigenvalue weighted by Gasteiger charge is -2.35. The molecule has 2 N–H and O–H groups in total. The Morgan fingerprint density at radius 2 is 1.76 bits per heavy atom. The summed E-state index contributed by atoms with van der Waals surface area (Å²) in [4.78, 5) is 34.8. The van der Waals surface area contributed by atoms with Crippen LogP contribution in [-0.2, 0) is 27.2 Å². The number of Topliss-reactive ketones (excluding diaryl/α,β-unsaturated/α-hetero) is 1. The van der Waals surface area contributed by atoms with Crippen molar-refractivity contribution in [2.75, 3.05) is 37.6 Å². The van der Waals surface area contributed by atoms with Crippen LogP contribution in [0.5, 0.6) is 0 Å². The number of fused-ring (bicyclic) bond motifs is 1. The normalized spacial score (nSPS) is 26.6. The number of hydrogen-bond donors (Lipinski definition) is 1. The van der Waals surface area contributed by atoms with Crippen molar-refractivity contribution < 1.29 is 14.3 Å². The highest BCUT2D eigenvalue weighted by molar-refractivity contribution is 6.09. The Morgan fingerprint density at radius 1 is 1.03 bits per heavy atom. The SMILES string of the molecule is C[C@@H]1CN(C(=O)C(N)=C2CCCC2=NCC(=O)CCC2CCN(c3cccc4c3CCC4)CC2)C[C@H](C)O1. The quantitative estimate of drug-likeness (QED) is 0.544. The van der Waals surface area contributed by atoms with Crippen molar-refractivity contribution in [2.45, 2.75) is 90.3 Å². The first-order valence-corrected chi connectivity index (χ1v) is 14.7. The molecule has 206 valence electrons. The summed E-state index contributed by atoms with van der Waals surface area (Å²) in [5.41, 5.74) is 12.9. The van der Waals surface area contributed by atoms with Gasteiger partial charge in [-0.25, -0.2) is 0 Å². The third-order valence-electron chi connectivity index (χ3n) is 8.81. The van der Waals surface area contributed by atoms with Crippen LogP contribution in [0, 0.1) is 5.92 Å². The Labute approximate surface area is 227 Å². The van der Waals surface area contributed by atoms with Crippen LogP contribution in [0.4, 0.5) is 5.69 Å². The Bertz CT molecular complexity index is 1090. The topological polar surface area (TPSA) is 88.2 Å². The lowest BCUT2D eigenvalue weighted by molar-refractivity contribution is -0.139. The number of morpholine rings is 1. The van der Waals surface area contributed by atoms with E-state index in [-0.39, 0.29) is 30.4 Å². The number of benzene rings is 1. The minimum Gasteiger partial charge on any atom is -0.394 e. The number of ether oxygens (including phenoxy) is 1. The van der Waals surface area contributed by atoms with Gasteiger partial charge in [-0.05, 0) is 94.7 Å². The number of rotatable bonds is 7. The zero-order valence-electron chi connectivity index (χ0n) is 23.2. The van der Waals surface area contributed by atoms with Crippen LogP contribution in [0.25, 0.3) is 0 Å². The number of nitrogens with zero attached hydrogens (tertiary/aromatic N) is 3. The van der Waals surface area contributed by atoms with Gasteiger partial charge in [0, 0.05) is 49.6 Å². The highest BCUT2D eigenvalue weighted by Gasteiger charge is 2.30. The molecule has 2 heterocycles. The van der Waals surface area contributed by atoms with Crippen LogP contribution in [0.1, 0.15) is 76.3 Å². The number of anilines is 1. The second-order valence-corrected chi connectivity index (χ2v) is 11.8. The van der Waals surface area contributed by atoms with Gasteiger partial charge in [0.2, 0.25) is 0 Å². The monoisotopic (exact) mass is 520 g/mol. The smallest absolute Gasteiger partial charge is 0.270 e. The van der Waals surface area contributed by atoms with E-state index in [0.717, 1.165) is 62.9 Å². The second-order valence-electron chi connectivity index (χ2n) is 11.8. The summed E-state index contributed by atoms with van der Waals surface area (Å²) in [6, 6.07) is 6.79. The number of hydrogen-bond acceptors (Lipinski definition) is 6. The molecular weight excluding hydrogens is 476 g/mol. The number of carbonyl (C=O) groups excluding carboxylic acids is 2. The van der Waals surface area contributed by atoms with Gasteiger partial charge < -0.3 is 20.3 Å². The molecular formula is C31H44N4O3. The van der Waals surface area contributed by atoms with E-state index < -0.39 is 0 Å². The third-order valence-corrected chi connectivity index (χ3v) is 8.81. The van der Waals surface area contributed by atoms with Gasteiger partial charge in [-0.15, -0.1) is 0 Å². The maximum absolute atomic E-state index is 13.1. The molecule has 1 aromatic rings. The van der Waals surface area contributed by atoms with Crippen molar-refractivity contribution in [2.24, 2.45) is 16.6 Å². The van der Waals surface area contributed by atoms with Crippen molar-refractivity contribution in [3.8, 4) is 0 Å². The molecule has 2 atom stereocenters. The van der Waals surface area contributed by atoms with E-state index in [1.54, 1.807) is 10.5 Å². The summed E-state index contributed by atoms with van der Waals surface area (Å²) in [5.74, 6) is 0.663. The van der Waals surface area contributed by atoms with E-state index in [0.29, 0.717) is 31.1 Å². The summed E-state index contributed by atoms with van der Waals surface area (Å²) in [5, 5.41) is 0. The standard InChI is InChI=1S/C31H44N4O3/c1-21-19-35(20-22(2)38-21)31(37)30(32)27-9-5-10-28(27)33-18-25(36)13-12-23-14-16-34(17-15-23)29-11-4-7-24-6-3-8-26(24)29/h4,7,11,21-23H,3,5-6,8-10,12-20,32H2,1-2H3/t21-,22+. The molecule has 2 saturated heterocycles. The molecule has 1 aromatic carbocycles. The van der Waals surface area contributed by atoms with E-state index in [1.165, 1.54) is 30.5 Å². The Kier molecular flexibility index (Phi) is 8.51. The molecule has 0 radical (unpaired) electrons. The first-order chi connectivity index (χ1) is 18.4. The largest absolute Gasteiger partial charge is 0.394 e. The van der Waals surface area contributed by atoms with Crippen molar-refractivity contribution in [1.82, 2.24) is 4.90 Å². The van der Waals surface area contributed by atoms with Crippen LogP contribution in [0.15, 0.2) is 34.5 Å². The molecule has 0 bridgehead atoms. The van der Waals surface area contributed by atoms with Gasteiger partial charge in [0.15, 0.2) is 5.78 Å². The molecule has 7 heteroatoms. The Morgan fingerprint density at radius 3 is 2.53 bits per heavy atom. The molecule has 38 heavy (non-hydrogen) atoms. The van der Waals surface area contributed by atoms with Crippen molar-refractivity contribution in [3.63, 3.8) is 0 Å². The maximum atomic E-state index is 13.1. The fourth-order valence-corrected chi connectivity index (χ4v) is 6.82. The average Bonchev–Trinajstić information content (AvgIpc) is 3.59. The van der Waals surface area contributed by atoms with Crippen LogP contribution in [-0.4, -0.2) is 67.2 Å². The van der Waals surface area contributed by atoms with E-state index in [1.807, 2.05) is 13.8 Å². The first kappa shape index (κ1) is 26.9. The summed E-state index contributed by atoms with van der Waals surface area (Å²) < 4.78 is 5.75. The predicted molar refractivity (Wildman–Crippen MR) is 152 cm³/mol. The zero-order valence-corrected chi connectivity index (χ0v) is 23.2. The molecule has 0 aromatic heterocycles. The van der Waals surface area contributed by atoms with Crippen LogP contribution < -0.4 is 10.6 Å². The molecule has 2 aliphatic carbocycles. The Balaban J connectivity index is 1.10. The fraction of sp³-hybridized carbons (Fsp3) is 0.645. The molecule has 0 spiro atoms. The van der Waals surface area contributed by atoms with Gasteiger partial charge in [-0.3, -0.25) is 14.6 Å². The van der Waals surface area contributed by atoms with Gasteiger partial charge in [0.1, 0.15) is 5.70 Å². The van der Waals surface area contributed by atoms with E-state index >= 15 is 0 Å². The highest BCUT2D eigenvalue weighted by Crippen LogP contribution is 2.34. The van der Waals surface area contributed by atoms with Gasteiger partial charge >= 0.3 is 0 Å². The molecule has 4 aliphatic rings. The van der Waals surface area contributed by atoms with Crippen molar-refractivity contribution in [3.05, 3.63) is 40.6 Å². The van der Waals surface area contributed by atoms with E-state index in [9.17, 15) is 9.59 Å². The zero-order chi connectivity index (χ0) is 26.6. The van der Waals surface area contributed by atoms with Gasteiger partial charge in [-0.2, -0.15) is 0 Å². The minimum absolute atomic E-state index is 0.00104. The third kappa shape index (κ3) is 6.14. The summed E-state index contributed by atoms with van der Waals surface area (Å²) in [6.45, 7) is 7.42. The summed E-state index contributed by atoms with van der Waals surface area (Å²) in [7, 11) is 0. The molecule has 5 rings (SSSR count). The highest BCUT2D eigenvalue weighted by atomic mass is 16.5. The molecule has 2 aliphatic heterocycles. The molecule has 1 amide bonds. The first-order valence-electron chi connectivity index (χ1n) is 14.7. The van der Waals surface area contributed by atoms with Crippen molar-refractivity contribution >= 4 is 23.1 Å². The van der Waals surface area contributed by atoms with E-state index in [2.05, 4.69) is 28.1 Å². The summed E-state index contributed by atoms with van der Waals surface area (Å²) >= 11 is 0. The summed E-state index contributed by atoms with van der Waals surface area (Å²) in [6.07, 6.45) is 10.0. The predicted octanol–water partition coefficient (Wildman–Crippen LogP) is 4.21.